The van der Waals surface area contributed by atoms with Crippen molar-refractivity contribution in [1.29, 1.82) is 0 Å². The highest BCUT2D eigenvalue weighted by Crippen LogP contribution is 2.55. The first-order chi connectivity index (χ1) is 14.6. The standard InChI is InChI=1S/C20H20F3N5O2S/c1-27(18-15-6-9-24-17(15)25-12-26-18)16-10-28(11-19(16)7-8-19)31(29,30)14-4-2-13(3-5-14)20(21,22)23/h2-6,9,12,16H,7-8,10-11H2,1H3,(H,24,25,26). The van der Waals surface area contributed by atoms with Crippen LogP contribution in [0.3, 0.4) is 0 Å². The van der Waals surface area contributed by atoms with Crippen molar-refractivity contribution in [1.82, 2.24) is 19.3 Å². The number of aromatic nitrogens is 3. The van der Waals surface area contributed by atoms with E-state index in [0.29, 0.717) is 12.2 Å². The molecule has 7 nitrogen and oxygen atoms in total. The molecule has 0 radical (unpaired) electrons. The van der Waals surface area contributed by atoms with Crippen LogP contribution < -0.4 is 4.90 Å². The molecule has 1 saturated carbocycles. The molecule has 164 valence electrons. The largest absolute Gasteiger partial charge is 0.416 e. The molecule has 1 spiro atoms. The van der Waals surface area contributed by atoms with Crippen molar-refractivity contribution in [2.75, 3.05) is 25.0 Å². The number of hydrogen-bond donors (Lipinski definition) is 1. The number of aromatic amines is 1. The molecule has 1 aliphatic carbocycles. The molecule has 1 atom stereocenters. The zero-order valence-electron chi connectivity index (χ0n) is 16.6. The predicted octanol–water partition coefficient (Wildman–Crippen LogP) is 3.27. The van der Waals surface area contributed by atoms with Crippen LogP contribution in [0.4, 0.5) is 19.0 Å². The van der Waals surface area contributed by atoms with E-state index >= 15 is 0 Å². The van der Waals surface area contributed by atoms with Gasteiger partial charge in [0.15, 0.2) is 0 Å². The number of H-pyrrole nitrogens is 1. The molecule has 0 amide bonds. The number of alkyl halides is 3. The monoisotopic (exact) mass is 451 g/mol. The number of hydrogen-bond acceptors (Lipinski definition) is 5. The van der Waals surface area contributed by atoms with Gasteiger partial charge in [-0.1, -0.05) is 0 Å². The normalized spacial score (nSPS) is 21.1. The van der Waals surface area contributed by atoms with Gasteiger partial charge in [-0.25, -0.2) is 18.4 Å². The lowest BCUT2D eigenvalue weighted by atomic mass is 9.99. The molecule has 2 aliphatic rings. The predicted molar refractivity (Wildman–Crippen MR) is 108 cm³/mol. The molecule has 1 aliphatic heterocycles. The summed E-state index contributed by atoms with van der Waals surface area (Å²) in [5, 5.41) is 0.852. The van der Waals surface area contributed by atoms with E-state index in [1.165, 1.54) is 10.6 Å². The number of likely N-dealkylation sites (N-methyl/N-ethyl adjacent to an activating group) is 1. The zero-order valence-corrected chi connectivity index (χ0v) is 17.4. The summed E-state index contributed by atoms with van der Waals surface area (Å²) in [7, 11) is -2.02. The quantitative estimate of drug-likeness (QED) is 0.659. The Morgan fingerprint density at radius 1 is 1.16 bits per heavy atom. The maximum atomic E-state index is 13.2. The van der Waals surface area contributed by atoms with Crippen molar-refractivity contribution in [2.24, 2.45) is 5.41 Å². The summed E-state index contributed by atoms with van der Waals surface area (Å²) < 4.78 is 66.3. The molecule has 3 heterocycles. The Morgan fingerprint density at radius 3 is 2.52 bits per heavy atom. The van der Waals surface area contributed by atoms with Crippen LogP contribution in [0.1, 0.15) is 18.4 Å². The summed E-state index contributed by atoms with van der Waals surface area (Å²) in [6.07, 6.45) is 0.517. The molecular weight excluding hydrogens is 431 g/mol. The molecule has 1 unspecified atom stereocenters. The Balaban J connectivity index is 1.43. The van der Waals surface area contributed by atoms with E-state index in [2.05, 4.69) is 15.0 Å². The summed E-state index contributed by atoms with van der Waals surface area (Å²) in [5.41, 5.74) is -0.348. The second kappa shape index (κ2) is 6.67. The van der Waals surface area contributed by atoms with Gasteiger partial charge in [0.2, 0.25) is 10.0 Å². The van der Waals surface area contributed by atoms with E-state index in [0.717, 1.165) is 48.3 Å². The van der Waals surface area contributed by atoms with Crippen LogP contribution >= 0.6 is 0 Å². The fourth-order valence-electron chi connectivity index (χ4n) is 4.53. The van der Waals surface area contributed by atoms with Crippen LogP contribution in [0.15, 0.2) is 47.8 Å². The summed E-state index contributed by atoms with van der Waals surface area (Å²) >= 11 is 0. The van der Waals surface area contributed by atoms with E-state index in [1.54, 1.807) is 6.20 Å². The fourth-order valence-corrected chi connectivity index (χ4v) is 6.07. The minimum absolute atomic E-state index is 0.0928. The van der Waals surface area contributed by atoms with E-state index in [4.69, 9.17) is 0 Å². The number of nitrogens with zero attached hydrogens (tertiary/aromatic N) is 4. The molecule has 1 N–H and O–H groups in total. The number of benzene rings is 1. The Morgan fingerprint density at radius 2 is 1.87 bits per heavy atom. The van der Waals surface area contributed by atoms with Gasteiger partial charge >= 0.3 is 6.18 Å². The second-order valence-corrected chi connectivity index (χ2v) is 10.2. The van der Waals surface area contributed by atoms with E-state index < -0.39 is 21.8 Å². The van der Waals surface area contributed by atoms with Gasteiger partial charge in [-0.15, -0.1) is 0 Å². The van der Waals surface area contributed by atoms with Gasteiger partial charge < -0.3 is 9.88 Å². The number of rotatable bonds is 4. The number of anilines is 1. The van der Waals surface area contributed by atoms with Crippen LogP contribution in [0.2, 0.25) is 0 Å². The number of nitrogens with one attached hydrogen (secondary N) is 1. The molecule has 3 aromatic rings. The SMILES string of the molecule is CN(c1ncnc2[nH]ccc12)C1CN(S(=O)(=O)c2ccc(C(F)(F)F)cc2)CC12CC2. The average molecular weight is 451 g/mol. The zero-order chi connectivity index (χ0) is 22.0. The molecule has 2 fully saturated rings. The lowest BCUT2D eigenvalue weighted by Gasteiger charge is -2.30. The number of fused-ring (bicyclic) bond motifs is 1. The summed E-state index contributed by atoms with van der Waals surface area (Å²) in [6, 6.07) is 5.47. The molecule has 31 heavy (non-hydrogen) atoms. The maximum Gasteiger partial charge on any atom is 0.416 e. The van der Waals surface area contributed by atoms with Gasteiger partial charge in [0, 0.05) is 31.7 Å². The summed E-state index contributed by atoms with van der Waals surface area (Å²) in [5.74, 6) is 0.719. The van der Waals surface area contributed by atoms with Crippen molar-refractivity contribution < 1.29 is 21.6 Å². The van der Waals surface area contributed by atoms with Gasteiger partial charge in [-0.05, 0) is 43.2 Å². The van der Waals surface area contributed by atoms with Gasteiger partial charge in [0.05, 0.1) is 21.9 Å². The van der Waals surface area contributed by atoms with Crippen LogP contribution in [0, 0.1) is 5.41 Å². The lowest BCUT2D eigenvalue weighted by molar-refractivity contribution is -0.137. The molecule has 1 aromatic carbocycles. The van der Waals surface area contributed by atoms with Gasteiger partial charge in [0.25, 0.3) is 0 Å². The average Bonchev–Trinajstić information content (AvgIpc) is 3.17. The number of halogens is 3. The van der Waals surface area contributed by atoms with Gasteiger partial charge in [-0.2, -0.15) is 17.5 Å². The molecule has 5 rings (SSSR count). The first-order valence-corrected chi connectivity index (χ1v) is 11.2. The third-order valence-electron chi connectivity index (χ3n) is 6.42. The first-order valence-electron chi connectivity index (χ1n) is 9.80. The summed E-state index contributed by atoms with van der Waals surface area (Å²) in [4.78, 5) is 13.5. The van der Waals surface area contributed by atoms with Crippen LogP contribution in [0.5, 0.6) is 0 Å². The smallest absolute Gasteiger partial charge is 0.354 e. The Bertz CT molecular complexity index is 1240. The Kier molecular flexibility index (Phi) is 4.36. The molecule has 1 saturated heterocycles. The van der Waals surface area contributed by atoms with Crippen LogP contribution in [-0.4, -0.2) is 53.9 Å². The summed E-state index contributed by atoms with van der Waals surface area (Å²) in [6.45, 7) is 0.586. The van der Waals surface area contributed by atoms with E-state index in [-0.39, 0.29) is 22.9 Å². The molecule has 11 heteroatoms. The number of sulfonamides is 1. The minimum Gasteiger partial charge on any atom is -0.354 e. The fraction of sp³-hybridized carbons (Fsp3) is 0.400. The molecule has 2 aromatic heterocycles. The second-order valence-electron chi connectivity index (χ2n) is 8.25. The van der Waals surface area contributed by atoms with Crippen LogP contribution in [-0.2, 0) is 16.2 Å². The van der Waals surface area contributed by atoms with Gasteiger partial charge in [0.1, 0.15) is 17.8 Å². The molecule has 0 bridgehead atoms. The van der Waals surface area contributed by atoms with Gasteiger partial charge in [-0.3, -0.25) is 0 Å². The highest BCUT2D eigenvalue weighted by molar-refractivity contribution is 7.89. The molecular formula is C20H20F3N5O2S. The van der Waals surface area contributed by atoms with E-state index in [9.17, 15) is 21.6 Å². The lowest BCUT2D eigenvalue weighted by Crippen LogP contribution is -2.40. The van der Waals surface area contributed by atoms with Crippen molar-refractivity contribution in [3.8, 4) is 0 Å². The highest BCUT2D eigenvalue weighted by Gasteiger charge is 2.59. The minimum atomic E-state index is -4.51. The third kappa shape index (κ3) is 3.26. The Hall–Kier alpha value is -2.66. The van der Waals surface area contributed by atoms with Crippen LogP contribution in [0.25, 0.3) is 11.0 Å². The van der Waals surface area contributed by atoms with E-state index in [1.807, 2.05) is 18.0 Å². The first kappa shape index (κ1) is 20.3. The Labute approximate surface area is 177 Å². The highest BCUT2D eigenvalue weighted by atomic mass is 32.2. The maximum absolute atomic E-state index is 13.2. The van der Waals surface area contributed by atoms with Crippen molar-refractivity contribution in [3.05, 3.63) is 48.4 Å². The van der Waals surface area contributed by atoms with Crippen molar-refractivity contribution in [3.63, 3.8) is 0 Å². The van der Waals surface area contributed by atoms with Crippen molar-refractivity contribution in [2.45, 2.75) is 30.0 Å². The van der Waals surface area contributed by atoms with Crippen molar-refractivity contribution >= 4 is 26.9 Å². The third-order valence-corrected chi connectivity index (χ3v) is 8.25. The topological polar surface area (TPSA) is 82.2 Å².